The lowest BCUT2D eigenvalue weighted by Crippen LogP contribution is -2.19. The third-order valence-corrected chi connectivity index (χ3v) is 4.74. The second-order valence-electron chi connectivity index (χ2n) is 5.81. The number of anilines is 4. The van der Waals surface area contributed by atoms with Gasteiger partial charge in [0.1, 0.15) is 0 Å². The number of rotatable bonds is 5. The molecule has 3 rings (SSSR count). The van der Waals surface area contributed by atoms with Gasteiger partial charge in [0.2, 0.25) is 0 Å². The van der Waals surface area contributed by atoms with E-state index in [0.717, 1.165) is 28.0 Å². The van der Waals surface area contributed by atoms with Gasteiger partial charge >= 0.3 is 0 Å². The summed E-state index contributed by atoms with van der Waals surface area (Å²) in [5.74, 6) is 1.24. The van der Waals surface area contributed by atoms with Crippen LogP contribution in [0, 0.1) is 13.8 Å². The number of halogens is 1. The van der Waals surface area contributed by atoms with Crippen molar-refractivity contribution in [3.05, 3.63) is 64.3 Å². The summed E-state index contributed by atoms with van der Waals surface area (Å²) in [6.07, 6.45) is 1.63. The lowest BCUT2D eigenvalue weighted by atomic mass is 10.2. The zero-order chi connectivity index (χ0) is 17.8. The van der Waals surface area contributed by atoms with Gasteiger partial charge in [-0.15, -0.1) is 5.10 Å². The van der Waals surface area contributed by atoms with Gasteiger partial charge in [-0.25, -0.2) is 0 Å². The molecule has 0 spiro atoms. The van der Waals surface area contributed by atoms with E-state index in [2.05, 4.69) is 81.5 Å². The zero-order valence-electron chi connectivity index (χ0n) is 14.5. The number of aryl methyl sites for hydroxylation is 2. The molecule has 3 aromatic rings. The summed E-state index contributed by atoms with van der Waals surface area (Å²) < 4.78 is 1.08. The van der Waals surface area contributed by atoms with E-state index in [1.807, 2.05) is 23.1 Å². The molecule has 0 aliphatic heterocycles. The van der Waals surface area contributed by atoms with E-state index in [-0.39, 0.29) is 0 Å². The molecule has 0 bridgehead atoms. The van der Waals surface area contributed by atoms with Crippen LogP contribution in [-0.2, 0) is 0 Å². The summed E-state index contributed by atoms with van der Waals surface area (Å²) >= 11 is 3.51. The first-order valence-electron chi connectivity index (χ1n) is 8.14. The Hall–Kier alpha value is -2.47. The fourth-order valence-corrected chi connectivity index (χ4v) is 2.82. The molecule has 0 aliphatic carbocycles. The molecule has 1 heterocycles. The van der Waals surface area contributed by atoms with E-state index in [9.17, 15) is 0 Å². The van der Waals surface area contributed by atoms with Crippen molar-refractivity contribution in [3.63, 3.8) is 0 Å². The predicted molar refractivity (Wildman–Crippen MR) is 106 cm³/mol. The highest BCUT2D eigenvalue weighted by atomic mass is 79.9. The molecular formula is C19H20BrN5. The Morgan fingerprint density at radius 2 is 1.96 bits per heavy atom. The fraction of sp³-hybridized carbons (Fsp3) is 0.211. The van der Waals surface area contributed by atoms with Crippen molar-refractivity contribution in [1.29, 1.82) is 0 Å². The van der Waals surface area contributed by atoms with Crippen LogP contribution >= 0.6 is 15.9 Å². The van der Waals surface area contributed by atoms with Gasteiger partial charge in [-0.1, -0.05) is 28.1 Å². The molecular weight excluding hydrogens is 378 g/mol. The van der Waals surface area contributed by atoms with Crippen LogP contribution in [0.25, 0.3) is 0 Å². The number of hydrogen-bond acceptors (Lipinski definition) is 5. The average molecular weight is 398 g/mol. The SMILES string of the molecule is CCN(c1cccc(C)c1)c1nncc(Nc2ccc(Br)c(C)c2)n1. The maximum Gasteiger partial charge on any atom is 0.251 e. The summed E-state index contributed by atoms with van der Waals surface area (Å²) in [6.45, 7) is 6.95. The van der Waals surface area contributed by atoms with Gasteiger partial charge in [0.15, 0.2) is 5.82 Å². The van der Waals surface area contributed by atoms with Crippen molar-refractivity contribution in [2.75, 3.05) is 16.8 Å². The van der Waals surface area contributed by atoms with Crippen LogP contribution in [0.15, 0.2) is 53.1 Å². The quantitative estimate of drug-likeness (QED) is 0.644. The lowest BCUT2D eigenvalue weighted by Gasteiger charge is -2.21. The molecule has 0 aliphatic rings. The molecule has 6 heteroatoms. The maximum atomic E-state index is 4.63. The van der Waals surface area contributed by atoms with Gasteiger partial charge in [-0.05, 0) is 62.2 Å². The average Bonchev–Trinajstić information content (AvgIpc) is 2.59. The van der Waals surface area contributed by atoms with Crippen molar-refractivity contribution >= 4 is 39.1 Å². The minimum Gasteiger partial charge on any atom is -0.339 e. The van der Waals surface area contributed by atoms with E-state index in [1.165, 1.54) is 5.56 Å². The Labute approximate surface area is 156 Å². The van der Waals surface area contributed by atoms with E-state index in [4.69, 9.17) is 0 Å². The standard InChI is InChI=1S/C19H20BrN5/c1-4-25(16-7-5-6-13(2)10-16)19-23-18(12-21-24-19)22-15-8-9-17(20)14(3)11-15/h5-12H,4H2,1-3H3,(H,22,23,24). The van der Waals surface area contributed by atoms with E-state index < -0.39 is 0 Å². The summed E-state index contributed by atoms with van der Waals surface area (Å²) in [6, 6.07) is 14.3. The molecule has 0 unspecified atom stereocenters. The van der Waals surface area contributed by atoms with Crippen LogP contribution < -0.4 is 10.2 Å². The van der Waals surface area contributed by atoms with Crippen LogP contribution in [-0.4, -0.2) is 21.7 Å². The van der Waals surface area contributed by atoms with Crippen molar-refractivity contribution in [1.82, 2.24) is 15.2 Å². The molecule has 0 saturated carbocycles. The van der Waals surface area contributed by atoms with E-state index in [0.29, 0.717) is 11.8 Å². The fourth-order valence-electron chi connectivity index (χ4n) is 2.57. The van der Waals surface area contributed by atoms with Gasteiger partial charge in [-0.3, -0.25) is 0 Å². The van der Waals surface area contributed by atoms with Crippen LogP contribution in [0.5, 0.6) is 0 Å². The molecule has 0 radical (unpaired) electrons. The Morgan fingerprint density at radius 3 is 2.68 bits per heavy atom. The van der Waals surface area contributed by atoms with Gasteiger partial charge in [0, 0.05) is 22.4 Å². The maximum absolute atomic E-state index is 4.63. The second-order valence-corrected chi connectivity index (χ2v) is 6.67. The third-order valence-electron chi connectivity index (χ3n) is 3.85. The third kappa shape index (κ3) is 4.14. The normalized spacial score (nSPS) is 10.6. The second kappa shape index (κ2) is 7.61. The number of nitrogens with one attached hydrogen (secondary N) is 1. The number of nitrogens with zero attached hydrogens (tertiary/aromatic N) is 4. The molecule has 25 heavy (non-hydrogen) atoms. The zero-order valence-corrected chi connectivity index (χ0v) is 16.1. The van der Waals surface area contributed by atoms with Crippen LogP contribution in [0.1, 0.15) is 18.1 Å². The summed E-state index contributed by atoms with van der Waals surface area (Å²) in [4.78, 5) is 6.67. The lowest BCUT2D eigenvalue weighted by molar-refractivity contribution is 0.886. The molecule has 0 saturated heterocycles. The molecule has 0 fully saturated rings. The van der Waals surface area contributed by atoms with Gasteiger partial charge in [-0.2, -0.15) is 10.1 Å². The highest BCUT2D eigenvalue weighted by Gasteiger charge is 2.12. The smallest absolute Gasteiger partial charge is 0.251 e. The molecule has 2 aromatic carbocycles. The Bertz CT molecular complexity index is 881. The first-order valence-corrected chi connectivity index (χ1v) is 8.93. The number of aromatic nitrogens is 3. The van der Waals surface area contributed by atoms with Gasteiger partial charge in [0.05, 0.1) is 6.20 Å². The molecule has 0 atom stereocenters. The minimum absolute atomic E-state index is 0.576. The largest absolute Gasteiger partial charge is 0.339 e. The minimum atomic E-state index is 0.576. The van der Waals surface area contributed by atoms with Crippen LogP contribution in [0.2, 0.25) is 0 Å². The molecule has 1 aromatic heterocycles. The Morgan fingerprint density at radius 1 is 1.12 bits per heavy atom. The summed E-state index contributed by atoms with van der Waals surface area (Å²) in [7, 11) is 0. The van der Waals surface area contributed by atoms with E-state index in [1.54, 1.807) is 6.20 Å². The van der Waals surface area contributed by atoms with Crippen molar-refractivity contribution in [3.8, 4) is 0 Å². The topological polar surface area (TPSA) is 53.9 Å². The van der Waals surface area contributed by atoms with E-state index >= 15 is 0 Å². The first-order chi connectivity index (χ1) is 12.1. The number of benzene rings is 2. The van der Waals surface area contributed by atoms with Crippen LogP contribution in [0.3, 0.4) is 0 Å². The number of hydrogen-bond donors (Lipinski definition) is 1. The summed E-state index contributed by atoms with van der Waals surface area (Å²) in [5, 5.41) is 11.6. The van der Waals surface area contributed by atoms with Gasteiger partial charge < -0.3 is 10.2 Å². The van der Waals surface area contributed by atoms with Gasteiger partial charge in [0.25, 0.3) is 5.95 Å². The highest BCUT2D eigenvalue weighted by molar-refractivity contribution is 9.10. The molecule has 128 valence electrons. The Balaban J connectivity index is 1.88. The monoisotopic (exact) mass is 397 g/mol. The highest BCUT2D eigenvalue weighted by Crippen LogP contribution is 2.25. The Kier molecular flexibility index (Phi) is 5.28. The first kappa shape index (κ1) is 17.4. The molecule has 5 nitrogen and oxygen atoms in total. The molecule has 0 amide bonds. The summed E-state index contributed by atoms with van der Waals surface area (Å²) in [5.41, 5.74) is 4.37. The van der Waals surface area contributed by atoms with Crippen molar-refractivity contribution < 1.29 is 0 Å². The van der Waals surface area contributed by atoms with Crippen molar-refractivity contribution in [2.24, 2.45) is 0 Å². The molecule has 1 N–H and O–H groups in total. The van der Waals surface area contributed by atoms with Crippen LogP contribution in [0.4, 0.5) is 23.1 Å². The van der Waals surface area contributed by atoms with Crippen molar-refractivity contribution in [2.45, 2.75) is 20.8 Å². The predicted octanol–water partition coefficient (Wildman–Crippen LogP) is 5.15.